The van der Waals surface area contributed by atoms with Gasteiger partial charge in [-0.3, -0.25) is 14.9 Å². The maximum atomic E-state index is 12.4. The number of nitro benzene ring substituents is 1. The number of hydrogen-bond acceptors (Lipinski definition) is 5. The average Bonchev–Trinajstić information content (AvgIpc) is 2.61. The maximum absolute atomic E-state index is 12.4. The van der Waals surface area contributed by atoms with Gasteiger partial charge in [-0.25, -0.2) is 0 Å². The standard InChI is InChI=1S/C16H14Cl3N3O4/c1-26-13-8-4-11(5-9-13)20-15(16(17,18)19)21-14(23)10-2-6-12(7-3-10)22(24)25/h2-9,15,20H,1H3,(H,21,23)/t15-/m1/s1. The third-order valence-electron chi connectivity index (χ3n) is 3.34. The second-order valence-corrected chi connectivity index (χ2v) is 7.49. The molecule has 2 aromatic carbocycles. The van der Waals surface area contributed by atoms with Crippen LogP contribution >= 0.6 is 34.8 Å². The summed E-state index contributed by atoms with van der Waals surface area (Å²) in [5.41, 5.74) is 0.647. The summed E-state index contributed by atoms with van der Waals surface area (Å²) < 4.78 is 3.22. The summed E-state index contributed by atoms with van der Waals surface area (Å²) in [4.78, 5) is 22.5. The number of benzene rings is 2. The highest BCUT2D eigenvalue weighted by atomic mass is 35.6. The largest absolute Gasteiger partial charge is 0.497 e. The zero-order valence-electron chi connectivity index (χ0n) is 13.4. The van der Waals surface area contributed by atoms with Gasteiger partial charge in [-0.2, -0.15) is 0 Å². The van der Waals surface area contributed by atoms with Crippen molar-refractivity contribution < 1.29 is 14.5 Å². The molecule has 0 radical (unpaired) electrons. The van der Waals surface area contributed by atoms with Crippen LogP contribution in [-0.2, 0) is 0 Å². The van der Waals surface area contributed by atoms with Gasteiger partial charge in [0.05, 0.1) is 12.0 Å². The van der Waals surface area contributed by atoms with Crippen LogP contribution in [0.5, 0.6) is 5.75 Å². The van der Waals surface area contributed by atoms with Gasteiger partial charge >= 0.3 is 0 Å². The Hall–Kier alpha value is -2.22. The number of halogens is 3. The van der Waals surface area contributed by atoms with Crippen molar-refractivity contribution in [1.29, 1.82) is 0 Å². The predicted octanol–water partition coefficient (Wildman–Crippen LogP) is 4.14. The highest BCUT2D eigenvalue weighted by Gasteiger charge is 2.34. The van der Waals surface area contributed by atoms with E-state index < -0.39 is 20.8 Å². The predicted molar refractivity (Wildman–Crippen MR) is 101 cm³/mol. The van der Waals surface area contributed by atoms with Crippen LogP contribution in [0, 0.1) is 10.1 Å². The van der Waals surface area contributed by atoms with Crippen LogP contribution in [0.4, 0.5) is 11.4 Å². The van der Waals surface area contributed by atoms with E-state index in [0.29, 0.717) is 11.4 Å². The molecule has 26 heavy (non-hydrogen) atoms. The number of carbonyl (C=O) groups excluding carboxylic acids is 1. The molecule has 138 valence electrons. The molecule has 0 aliphatic rings. The Morgan fingerprint density at radius 3 is 2.15 bits per heavy atom. The molecule has 1 amide bonds. The lowest BCUT2D eigenvalue weighted by molar-refractivity contribution is -0.384. The van der Waals surface area contributed by atoms with Crippen LogP contribution in [-0.4, -0.2) is 27.9 Å². The lowest BCUT2D eigenvalue weighted by Gasteiger charge is -2.27. The molecule has 0 saturated carbocycles. The van der Waals surface area contributed by atoms with Gasteiger partial charge < -0.3 is 15.4 Å². The van der Waals surface area contributed by atoms with Crippen molar-refractivity contribution in [2.75, 3.05) is 12.4 Å². The molecule has 7 nitrogen and oxygen atoms in total. The van der Waals surface area contributed by atoms with Gasteiger partial charge in [0.15, 0.2) is 0 Å². The number of non-ortho nitro benzene ring substituents is 1. The molecule has 0 bridgehead atoms. The zero-order valence-corrected chi connectivity index (χ0v) is 15.7. The van der Waals surface area contributed by atoms with Crippen LogP contribution in [0.2, 0.25) is 0 Å². The fourth-order valence-electron chi connectivity index (χ4n) is 2.00. The summed E-state index contributed by atoms with van der Waals surface area (Å²) in [5, 5.41) is 16.1. The van der Waals surface area contributed by atoms with E-state index >= 15 is 0 Å². The normalized spacial score (nSPS) is 12.2. The molecule has 2 aromatic rings. The van der Waals surface area contributed by atoms with Crippen LogP contribution < -0.4 is 15.4 Å². The number of nitrogens with zero attached hydrogens (tertiary/aromatic N) is 1. The Morgan fingerprint density at radius 1 is 1.12 bits per heavy atom. The Labute approximate surface area is 164 Å². The van der Waals surface area contributed by atoms with E-state index in [1.54, 1.807) is 24.3 Å². The molecule has 0 aliphatic carbocycles. The summed E-state index contributed by atoms with van der Waals surface area (Å²) in [6, 6.07) is 11.9. The molecule has 0 fully saturated rings. The molecule has 1 atom stereocenters. The highest BCUT2D eigenvalue weighted by Crippen LogP contribution is 2.31. The molecule has 0 spiro atoms. The molecule has 0 unspecified atom stereocenters. The summed E-state index contributed by atoms with van der Waals surface area (Å²) >= 11 is 17.8. The molecule has 10 heteroatoms. The Kier molecular flexibility index (Phi) is 6.52. The van der Waals surface area contributed by atoms with Gasteiger partial charge in [0.2, 0.25) is 3.79 Å². The van der Waals surface area contributed by atoms with Crippen LogP contribution in [0.25, 0.3) is 0 Å². The number of rotatable bonds is 6. The van der Waals surface area contributed by atoms with Crippen LogP contribution in [0.1, 0.15) is 10.4 Å². The number of anilines is 1. The third-order valence-corrected chi connectivity index (χ3v) is 4.00. The number of nitrogens with one attached hydrogen (secondary N) is 2. The van der Waals surface area contributed by atoms with Gasteiger partial charge in [0.1, 0.15) is 11.9 Å². The number of carbonyl (C=O) groups is 1. The summed E-state index contributed by atoms with van der Waals surface area (Å²) in [6.07, 6.45) is -1.05. The summed E-state index contributed by atoms with van der Waals surface area (Å²) in [5.74, 6) is 0.0909. The van der Waals surface area contributed by atoms with Crippen molar-refractivity contribution in [2.45, 2.75) is 9.96 Å². The third kappa shape index (κ3) is 5.39. The van der Waals surface area contributed by atoms with Crippen molar-refractivity contribution >= 4 is 52.1 Å². The van der Waals surface area contributed by atoms with Gasteiger partial charge in [-0.05, 0) is 36.4 Å². The number of nitro groups is 1. The molecular formula is C16H14Cl3N3O4. The lowest BCUT2D eigenvalue weighted by Crippen LogP contribution is -2.49. The SMILES string of the molecule is COc1ccc(N[C@H](NC(=O)c2ccc([N+](=O)[O-])cc2)C(Cl)(Cl)Cl)cc1. The van der Waals surface area contributed by atoms with E-state index in [-0.39, 0.29) is 11.3 Å². The van der Waals surface area contributed by atoms with Crippen LogP contribution in [0.3, 0.4) is 0 Å². The molecule has 0 aliphatic heterocycles. The maximum Gasteiger partial charge on any atom is 0.269 e. The summed E-state index contributed by atoms with van der Waals surface area (Å²) in [7, 11) is 1.54. The van der Waals surface area contributed by atoms with Crippen molar-refractivity contribution in [3.63, 3.8) is 0 Å². The molecule has 0 aromatic heterocycles. The smallest absolute Gasteiger partial charge is 0.269 e. The van der Waals surface area contributed by atoms with E-state index in [9.17, 15) is 14.9 Å². The monoisotopic (exact) mass is 417 g/mol. The molecule has 0 saturated heterocycles. The first-order valence-electron chi connectivity index (χ1n) is 7.23. The molecule has 0 heterocycles. The summed E-state index contributed by atoms with van der Waals surface area (Å²) in [6.45, 7) is 0. The molecule has 2 N–H and O–H groups in total. The van der Waals surface area contributed by atoms with E-state index in [4.69, 9.17) is 39.5 Å². The fraction of sp³-hybridized carbons (Fsp3) is 0.188. The van der Waals surface area contributed by atoms with E-state index in [2.05, 4.69) is 10.6 Å². The van der Waals surface area contributed by atoms with Crippen LogP contribution in [0.15, 0.2) is 48.5 Å². The fourth-order valence-corrected chi connectivity index (χ4v) is 2.33. The second kappa shape index (κ2) is 8.44. The number of ether oxygens (including phenoxy) is 1. The number of amides is 1. The number of alkyl halides is 3. The van der Waals surface area contributed by atoms with Gasteiger partial charge in [-0.15, -0.1) is 0 Å². The van der Waals surface area contributed by atoms with Crippen molar-refractivity contribution in [3.8, 4) is 5.75 Å². The average molecular weight is 419 g/mol. The zero-order chi connectivity index (χ0) is 19.3. The molecular weight excluding hydrogens is 405 g/mol. The van der Waals surface area contributed by atoms with Crippen molar-refractivity contribution in [2.24, 2.45) is 0 Å². The number of methoxy groups -OCH3 is 1. The Morgan fingerprint density at radius 2 is 1.69 bits per heavy atom. The van der Waals surface area contributed by atoms with E-state index in [1.807, 2.05) is 0 Å². The van der Waals surface area contributed by atoms with E-state index in [1.165, 1.54) is 31.4 Å². The minimum atomic E-state index is -1.85. The van der Waals surface area contributed by atoms with E-state index in [0.717, 1.165) is 0 Å². The Bertz CT molecular complexity index is 777. The minimum Gasteiger partial charge on any atom is -0.497 e. The number of hydrogen-bond donors (Lipinski definition) is 2. The van der Waals surface area contributed by atoms with Crippen molar-refractivity contribution in [1.82, 2.24) is 5.32 Å². The Balaban J connectivity index is 2.13. The first-order valence-corrected chi connectivity index (χ1v) is 8.36. The first kappa shape index (κ1) is 20.1. The van der Waals surface area contributed by atoms with Crippen molar-refractivity contribution in [3.05, 3.63) is 64.2 Å². The van der Waals surface area contributed by atoms with Gasteiger partial charge in [0, 0.05) is 23.4 Å². The van der Waals surface area contributed by atoms with Gasteiger partial charge in [0.25, 0.3) is 11.6 Å². The molecule has 2 rings (SSSR count). The minimum absolute atomic E-state index is 0.129. The first-order chi connectivity index (χ1) is 12.2. The second-order valence-electron chi connectivity index (χ2n) is 5.12. The lowest BCUT2D eigenvalue weighted by atomic mass is 10.2. The highest BCUT2D eigenvalue weighted by molar-refractivity contribution is 6.68. The quantitative estimate of drug-likeness (QED) is 0.318. The van der Waals surface area contributed by atoms with Gasteiger partial charge in [-0.1, -0.05) is 34.8 Å². The topological polar surface area (TPSA) is 93.5 Å².